The van der Waals surface area contributed by atoms with Crippen molar-refractivity contribution in [2.24, 2.45) is 0 Å². The summed E-state index contributed by atoms with van der Waals surface area (Å²) in [7, 11) is -2.92. The minimum Gasteiger partial charge on any atom is -0.241 e. The summed E-state index contributed by atoms with van der Waals surface area (Å²) in [5, 5.41) is 0.893. The Hall–Kier alpha value is -0.720. The third-order valence-electron chi connectivity index (χ3n) is 2.88. The van der Waals surface area contributed by atoms with Crippen molar-refractivity contribution in [3.05, 3.63) is 39.3 Å². The zero-order chi connectivity index (χ0) is 12.8. The van der Waals surface area contributed by atoms with Gasteiger partial charge >= 0.3 is 0 Å². The van der Waals surface area contributed by atoms with Crippen molar-refractivity contribution >= 4 is 37.1 Å². The molecule has 1 aliphatic rings. The molecule has 18 heavy (non-hydrogen) atoms. The number of sulfone groups is 1. The Morgan fingerprint density at radius 2 is 2.06 bits per heavy atom. The maximum atomic E-state index is 11.6. The smallest absolute Gasteiger partial charge is 0.155 e. The van der Waals surface area contributed by atoms with Crippen molar-refractivity contribution in [2.45, 2.75) is 12.2 Å². The van der Waals surface area contributed by atoms with E-state index in [9.17, 15) is 8.42 Å². The minimum absolute atomic E-state index is 0.143. The molecule has 3 nitrogen and oxygen atoms in total. The van der Waals surface area contributed by atoms with Crippen LogP contribution in [0.3, 0.4) is 0 Å². The summed E-state index contributed by atoms with van der Waals surface area (Å²) in [6.07, 6.45) is 0.540. The van der Waals surface area contributed by atoms with Gasteiger partial charge in [-0.15, -0.1) is 11.3 Å². The summed E-state index contributed by atoms with van der Waals surface area (Å²) in [5.74, 6) is 0.365. The average Bonchev–Trinajstić information content (AvgIpc) is 2.70. The van der Waals surface area contributed by atoms with Gasteiger partial charge in [-0.2, -0.15) is 0 Å². The van der Waals surface area contributed by atoms with E-state index in [4.69, 9.17) is 0 Å². The normalized spacial score (nSPS) is 17.4. The summed E-state index contributed by atoms with van der Waals surface area (Å²) in [5.41, 5.74) is 1.97. The predicted molar refractivity (Wildman–Crippen MR) is 76.4 cm³/mol. The Morgan fingerprint density at radius 3 is 2.83 bits per heavy atom. The lowest BCUT2D eigenvalue weighted by molar-refractivity contribution is 0.591. The molecule has 0 spiro atoms. The molecule has 1 aromatic carbocycles. The van der Waals surface area contributed by atoms with E-state index in [1.54, 1.807) is 0 Å². The number of rotatable bonds is 1. The third kappa shape index (κ3) is 2.24. The monoisotopic (exact) mass is 343 g/mol. The van der Waals surface area contributed by atoms with Crippen LogP contribution < -0.4 is 0 Å². The molecule has 0 saturated heterocycles. The van der Waals surface area contributed by atoms with E-state index in [0.717, 1.165) is 25.6 Å². The van der Waals surface area contributed by atoms with Gasteiger partial charge in [-0.3, -0.25) is 0 Å². The molecule has 0 aliphatic carbocycles. The molecule has 0 fully saturated rings. The highest BCUT2D eigenvalue weighted by molar-refractivity contribution is 9.10. The van der Waals surface area contributed by atoms with Crippen LogP contribution in [0, 0.1) is 0 Å². The summed E-state index contributed by atoms with van der Waals surface area (Å²) < 4.78 is 24.2. The van der Waals surface area contributed by atoms with Gasteiger partial charge in [-0.25, -0.2) is 13.4 Å². The Kier molecular flexibility index (Phi) is 3.03. The zero-order valence-corrected chi connectivity index (χ0v) is 12.6. The number of hydrogen-bond donors (Lipinski definition) is 0. The van der Waals surface area contributed by atoms with Crippen LogP contribution in [0.4, 0.5) is 0 Å². The molecule has 2 heterocycles. The standard InChI is InChI=1S/C12H10BrNO2S2/c13-9-4-2-1-3-8(9)12-14-10-5-6-18(15,16)7-11(10)17-12/h1-4H,5-7H2. The molecule has 3 rings (SSSR count). The molecule has 0 unspecified atom stereocenters. The summed E-state index contributed by atoms with van der Waals surface area (Å²) in [6, 6.07) is 7.86. The van der Waals surface area contributed by atoms with Crippen molar-refractivity contribution in [1.82, 2.24) is 4.98 Å². The molecule has 0 atom stereocenters. The number of aryl methyl sites for hydroxylation is 1. The van der Waals surface area contributed by atoms with Crippen LogP contribution in [0.1, 0.15) is 10.6 Å². The van der Waals surface area contributed by atoms with Crippen molar-refractivity contribution < 1.29 is 8.42 Å². The molecule has 1 aliphatic heterocycles. The quantitative estimate of drug-likeness (QED) is 0.799. The second kappa shape index (κ2) is 4.43. The van der Waals surface area contributed by atoms with Gasteiger partial charge in [0, 0.05) is 21.3 Å². The first kappa shape index (κ1) is 12.3. The number of fused-ring (bicyclic) bond motifs is 1. The fraction of sp³-hybridized carbons (Fsp3) is 0.250. The van der Waals surface area contributed by atoms with Crippen molar-refractivity contribution in [3.63, 3.8) is 0 Å². The minimum atomic E-state index is -2.92. The first-order chi connectivity index (χ1) is 8.55. The second-order valence-electron chi connectivity index (χ2n) is 4.21. The van der Waals surface area contributed by atoms with Gasteiger partial charge in [-0.1, -0.05) is 34.1 Å². The highest BCUT2D eigenvalue weighted by atomic mass is 79.9. The van der Waals surface area contributed by atoms with Crippen LogP contribution in [0.25, 0.3) is 10.6 Å². The van der Waals surface area contributed by atoms with Crippen LogP contribution in [-0.4, -0.2) is 19.2 Å². The molecule has 0 saturated carbocycles. The molecule has 2 aromatic rings. The zero-order valence-electron chi connectivity index (χ0n) is 9.39. The Bertz CT molecular complexity index is 707. The van der Waals surface area contributed by atoms with Crippen molar-refractivity contribution in [2.75, 3.05) is 5.75 Å². The van der Waals surface area contributed by atoms with E-state index in [1.165, 1.54) is 11.3 Å². The molecule has 0 bridgehead atoms. The number of benzene rings is 1. The van der Waals surface area contributed by atoms with Crippen LogP contribution in [0.2, 0.25) is 0 Å². The van der Waals surface area contributed by atoms with Gasteiger partial charge in [0.2, 0.25) is 0 Å². The lowest BCUT2D eigenvalue weighted by Gasteiger charge is -2.09. The van der Waals surface area contributed by atoms with Gasteiger partial charge in [0.1, 0.15) is 5.01 Å². The SMILES string of the molecule is O=S1(=O)CCc2nc(-c3ccccc3Br)sc2C1. The predicted octanol–water partition coefficient (Wildman–Crippen LogP) is 3.04. The molecule has 1 aromatic heterocycles. The van der Waals surface area contributed by atoms with E-state index < -0.39 is 9.84 Å². The van der Waals surface area contributed by atoms with Gasteiger partial charge in [-0.05, 0) is 6.07 Å². The Labute approximate surface area is 118 Å². The Balaban J connectivity index is 2.07. The van der Waals surface area contributed by atoms with E-state index in [0.29, 0.717) is 6.42 Å². The average molecular weight is 344 g/mol. The van der Waals surface area contributed by atoms with E-state index in [1.807, 2.05) is 24.3 Å². The van der Waals surface area contributed by atoms with Crippen LogP contribution in [0.5, 0.6) is 0 Å². The van der Waals surface area contributed by atoms with Gasteiger partial charge < -0.3 is 0 Å². The fourth-order valence-electron chi connectivity index (χ4n) is 1.97. The number of halogens is 1. The first-order valence-corrected chi connectivity index (χ1v) is 8.92. The summed E-state index contributed by atoms with van der Waals surface area (Å²) in [4.78, 5) is 5.47. The fourth-order valence-corrected chi connectivity index (χ4v) is 5.50. The first-order valence-electron chi connectivity index (χ1n) is 5.49. The molecule has 0 amide bonds. The number of hydrogen-bond acceptors (Lipinski definition) is 4. The highest BCUT2D eigenvalue weighted by Crippen LogP contribution is 2.35. The Morgan fingerprint density at radius 1 is 1.28 bits per heavy atom. The number of aromatic nitrogens is 1. The van der Waals surface area contributed by atoms with Gasteiger partial charge in [0.25, 0.3) is 0 Å². The highest BCUT2D eigenvalue weighted by Gasteiger charge is 2.25. The number of nitrogens with zero attached hydrogens (tertiary/aromatic N) is 1. The van der Waals surface area contributed by atoms with E-state index in [-0.39, 0.29) is 11.5 Å². The molecule has 0 N–H and O–H groups in total. The van der Waals surface area contributed by atoms with E-state index >= 15 is 0 Å². The topological polar surface area (TPSA) is 47.0 Å². The maximum Gasteiger partial charge on any atom is 0.155 e. The molecule has 0 radical (unpaired) electrons. The second-order valence-corrected chi connectivity index (χ2v) is 8.33. The largest absolute Gasteiger partial charge is 0.241 e. The summed E-state index contributed by atoms with van der Waals surface area (Å²) in [6.45, 7) is 0. The van der Waals surface area contributed by atoms with Crippen LogP contribution in [0.15, 0.2) is 28.7 Å². The molecule has 94 valence electrons. The molecular weight excluding hydrogens is 334 g/mol. The summed E-state index contributed by atoms with van der Waals surface area (Å²) >= 11 is 4.98. The molecule has 6 heteroatoms. The van der Waals surface area contributed by atoms with Crippen molar-refractivity contribution in [1.29, 1.82) is 0 Å². The van der Waals surface area contributed by atoms with Crippen molar-refractivity contribution in [3.8, 4) is 10.6 Å². The van der Waals surface area contributed by atoms with Crippen LogP contribution >= 0.6 is 27.3 Å². The molecular formula is C12H10BrNO2S2. The van der Waals surface area contributed by atoms with E-state index in [2.05, 4.69) is 20.9 Å². The lowest BCUT2D eigenvalue weighted by Crippen LogP contribution is -2.17. The van der Waals surface area contributed by atoms with Gasteiger partial charge in [0.05, 0.1) is 17.2 Å². The third-order valence-corrected chi connectivity index (χ3v) is 6.44. The number of thiazole rings is 1. The lowest BCUT2D eigenvalue weighted by atomic mass is 10.2. The maximum absolute atomic E-state index is 11.6. The van der Waals surface area contributed by atoms with Gasteiger partial charge in [0.15, 0.2) is 9.84 Å². The van der Waals surface area contributed by atoms with Crippen LogP contribution in [-0.2, 0) is 22.0 Å².